The number of carbonyl (C=O) groups excluding carboxylic acids is 1. The maximum Gasteiger partial charge on any atom is 0.237 e. The second-order valence-electron chi connectivity index (χ2n) is 5.22. The molecule has 1 aliphatic carbocycles. The molecule has 0 spiro atoms. The molecular weight excluding hydrogens is 260 g/mol. The van der Waals surface area contributed by atoms with E-state index in [-0.39, 0.29) is 24.5 Å². The maximum absolute atomic E-state index is 11.8. The molecule has 1 aromatic rings. The van der Waals surface area contributed by atoms with Crippen LogP contribution in [0.1, 0.15) is 25.3 Å². The summed E-state index contributed by atoms with van der Waals surface area (Å²) in [6.45, 7) is 2.37. The molecule has 1 fully saturated rings. The molecule has 2 aliphatic rings. The van der Waals surface area contributed by atoms with Gasteiger partial charge in [-0.3, -0.25) is 4.79 Å². The summed E-state index contributed by atoms with van der Waals surface area (Å²) in [4.78, 5) is 11.8. The average Bonchev–Trinajstić information content (AvgIpc) is 3.12. The maximum atomic E-state index is 11.8. The number of rotatable bonds is 5. The molecule has 1 heterocycles. The zero-order valence-corrected chi connectivity index (χ0v) is 11.3. The van der Waals surface area contributed by atoms with Crippen molar-refractivity contribution in [2.45, 2.75) is 38.4 Å². The zero-order chi connectivity index (χ0) is 14.1. The van der Waals surface area contributed by atoms with Crippen molar-refractivity contribution in [1.82, 2.24) is 10.6 Å². The minimum atomic E-state index is -0.305. The number of phenolic OH excluding ortho intramolecular Hbond substituents is 1. The first kappa shape index (κ1) is 13.1. The van der Waals surface area contributed by atoms with Crippen LogP contribution in [0.25, 0.3) is 0 Å². The van der Waals surface area contributed by atoms with Crippen molar-refractivity contribution in [2.24, 2.45) is 0 Å². The second-order valence-corrected chi connectivity index (χ2v) is 5.22. The van der Waals surface area contributed by atoms with Crippen molar-refractivity contribution < 1.29 is 19.4 Å². The summed E-state index contributed by atoms with van der Waals surface area (Å²) in [7, 11) is 0. The van der Waals surface area contributed by atoms with Crippen LogP contribution in [0.2, 0.25) is 0 Å². The number of hydrogen-bond donors (Lipinski definition) is 3. The molecule has 0 aromatic heterocycles. The predicted octanol–water partition coefficient (Wildman–Crippen LogP) is 0.878. The molecule has 0 bridgehead atoms. The van der Waals surface area contributed by atoms with Gasteiger partial charge in [0, 0.05) is 24.2 Å². The zero-order valence-electron chi connectivity index (χ0n) is 11.3. The summed E-state index contributed by atoms with van der Waals surface area (Å²) in [5, 5.41) is 15.9. The van der Waals surface area contributed by atoms with E-state index in [0.29, 0.717) is 29.6 Å². The molecule has 3 rings (SSSR count). The van der Waals surface area contributed by atoms with Crippen LogP contribution in [0, 0.1) is 0 Å². The Morgan fingerprint density at radius 3 is 2.80 bits per heavy atom. The Hall–Kier alpha value is -1.95. The predicted molar refractivity (Wildman–Crippen MR) is 71.7 cm³/mol. The second kappa shape index (κ2) is 5.20. The number of aromatic hydroxyl groups is 1. The minimum Gasteiger partial charge on any atom is -0.507 e. The lowest BCUT2D eigenvalue weighted by Gasteiger charge is -2.14. The van der Waals surface area contributed by atoms with Crippen LogP contribution in [-0.4, -0.2) is 29.9 Å². The summed E-state index contributed by atoms with van der Waals surface area (Å²) < 4.78 is 10.5. The van der Waals surface area contributed by atoms with Gasteiger partial charge in [0.2, 0.25) is 12.7 Å². The van der Waals surface area contributed by atoms with Crippen LogP contribution in [0.4, 0.5) is 0 Å². The van der Waals surface area contributed by atoms with Crippen molar-refractivity contribution in [3.05, 3.63) is 17.7 Å². The van der Waals surface area contributed by atoms with Gasteiger partial charge in [-0.2, -0.15) is 0 Å². The highest BCUT2D eigenvalue weighted by molar-refractivity contribution is 5.81. The standard InChI is InChI=1S/C14H18N2O4/c1-8(14(18)16-10-2-3-10)15-6-9-4-12-13(5-11(9)17)20-7-19-12/h4-5,8,10,15,17H,2-3,6-7H2,1H3,(H,16,18). The van der Waals surface area contributed by atoms with Crippen LogP contribution in [0.15, 0.2) is 12.1 Å². The van der Waals surface area contributed by atoms with Crippen LogP contribution in [-0.2, 0) is 11.3 Å². The Labute approximate surface area is 117 Å². The SMILES string of the molecule is CC(NCc1cc2c(cc1O)OCO2)C(=O)NC1CC1. The molecule has 1 aliphatic heterocycles. The first-order valence-corrected chi connectivity index (χ1v) is 6.79. The Morgan fingerprint density at radius 2 is 2.10 bits per heavy atom. The first-order chi connectivity index (χ1) is 9.63. The summed E-state index contributed by atoms with van der Waals surface area (Å²) in [6.07, 6.45) is 2.14. The highest BCUT2D eigenvalue weighted by atomic mass is 16.7. The highest BCUT2D eigenvalue weighted by Crippen LogP contribution is 2.37. The lowest BCUT2D eigenvalue weighted by molar-refractivity contribution is -0.122. The molecule has 0 radical (unpaired) electrons. The van der Waals surface area contributed by atoms with Crippen LogP contribution in [0.5, 0.6) is 17.2 Å². The van der Waals surface area contributed by atoms with Gasteiger partial charge in [-0.1, -0.05) is 0 Å². The normalized spacial score (nSPS) is 17.9. The van der Waals surface area contributed by atoms with Gasteiger partial charge >= 0.3 is 0 Å². The molecule has 108 valence electrons. The van der Waals surface area contributed by atoms with Gasteiger partial charge in [-0.15, -0.1) is 0 Å². The number of phenols is 1. The van der Waals surface area contributed by atoms with E-state index >= 15 is 0 Å². The number of nitrogens with one attached hydrogen (secondary N) is 2. The number of benzene rings is 1. The summed E-state index contributed by atoms with van der Waals surface area (Å²) >= 11 is 0. The van der Waals surface area contributed by atoms with Crippen molar-refractivity contribution in [3.8, 4) is 17.2 Å². The number of ether oxygens (including phenoxy) is 2. The Balaban J connectivity index is 1.58. The molecule has 1 atom stereocenters. The van der Waals surface area contributed by atoms with E-state index in [1.807, 2.05) is 6.92 Å². The number of carbonyl (C=O) groups is 1. The molecule has 1 aromatic carbocycles. The van der Waals surface area contributed by atoms with Gasteiger partial charge in [-0.25, -0.2) is 0 Å². The van der Waals surface area contributed by atoms with Crippen molar-refractivity contribution in [3.63, 3.8) is 0 Å². The monoisotopic (exact) mass is 278 g/mol. The van der Waals surface area contributed by atoms with E-state index in [2.05, 4.69) is 10.6 Å². The summed E-state index contributed by atoms with van der Waals surface area (Å²) in [5.74, 6) is 1.30. The first-order valence-electron chi connectivity index (χ1n) is 6.79. The third kappa shape index (κ3) is 2.80. The lowest BCUT2D eigenvalue weighted by Crippen LogP contribution is -2.42. The van der Waals surface area contributed by atoms with Crippen LogP contribution < -0.4 is 20.1 Å². The van der Waals surface area contributed by atoms with Gasteiger partial charge < -0.3 is 25.2 Å². The molecule has 6 nitrogen and oxygen atoms in total. The fourth-order valence-corrected chi connectivity index (χ4v) is 2.02. The minimum absolute atomic E-state index is 0.00673. The molecule has 1 unspecified atom stereocenters. The van der Waals surface area contributed by atoms with E-state index in [0.717, 1.165) is 12.8 Å². The topological polar surface area (TPSA) is 79.8 Å². The quantitative estimate of drug-likeness (QED) is 0.745. The number of fused-ring (bicyclic) bond motifs is 1. The van der Waals surface area contributed by atoms with Crippen LogP contribution in [0.3, 0.4) is 0 Å². The highest BCUT2D eigenvalue weighted by Gasteiger charge is 2.25. The molecular formula is C14H18N2O4. The Bertz CT molecular complexity index is 528. The average molecular weight is 278 g/mol. The van der Waals surface area contributed by atoms with Crippen molar-refractivity contribution in [1.29, 1.82) is 0 Å². The van der Waals surface area contributed by atoms with Crippen molar-refractivity contribution in [2.75, 3.05) is 6.79 Å². The molecule has 0 saturated heterocycles. The molecule has 3 N–H and O–H groups in total. The largest absolute Gasteiger partial charge is 0.507 e. The number of hydrogen-bond acceptors (Lipinski definition) is 5. The van der Waals surface area contributed by atoms with Gasteiger partial charge in [0.25, 0.3) is 0 Å². The van der Waals surface area contributed by atoms with Gasteiger partial charge in [-0.05, 0) is 25.8 Å². The Morgan fingerprint density at radius 1 is 1.40 bits per heavy atom. The summed E-state index contributed by atoms with van der Waals surface area (Å²) in [6, 6.07) is 3.32. The van der Waals surface area contributed by atoms with E-state index in [4.69, 9.17) is 9.47 Å². The van der Waals surface area contributed by atoms with E-state index in [1.54, 1.807) is 6.07 Å². The van der Waals surface area contributed by atoms with Crippen molar-refractivity contribution >= 4 is 5.91 Å². The molecule has 6 heteroatoms. The van der Waals surface area contributed by atoms with Gasteiger partial charge in [0.1, 0.15) is 5.75 Å². The van der Waals surface area contributed by atoms with E-state index in [9.17, 15) is 9.90 Å². The summed E-state index contributed by atoms with van der Waals surface area (Å²) in [5.41, 5.74) is 0.681. The van der Waals surface area contributed by atoms with Crippen LogP contribution >= 0.6 is 0 Å². The Kier molecular flexibility index (Phi) is 3.40. The fraction of sp³-hybridized carbons (Fsp3) is 0.500. The number of amides is 1. The van der Waals surface area contributed by atoms with E-state index < -0.39 is 0 Å². The van der Waals surface area contributed by atoms with Gasteiger partial charge in [0.15, 0.2) is 11.5 Å². The smallest absolute Gasteiger partial charge is 0.237 e. The third-order valence-electron chi connectivity index (χ3n) is 3.49. The third-order valence-corrected chi connectivity index (χ3v) is 3.49. The molecule has 1 saturated carbocycles. The van der Waals surface area contributed by atoms with E-state index in [1.165, 1.54) is 6.07 Å². The molecule has 20 heavy (non-hydrogen) atoms. The fourth-order valence-electron chi connectivity index (χ4n) is 2.02. The molecule has 1 amide bonds. The van der Waals surface area contributed by atoms with Gasteiger partial charge in [0.05, 0.1) is 6.04 Å². The lowest BCUT2D eigenvalue weighted by atomic mass is 10.1.